The molecule has 1 fully saturated rings. The molecule has 0 aromatic heterocycles. The Bertz CT molecular complexity index is 428. The van der Waals surface area contributed by atoms with Crippen LogP contribution in [0.25, 0.3) is 0 Å². The molecular weight excluding hydrogens is 435 g/mol. The Labute approximate surface area is 156 Å². The molecule has 0 amide bonds. The molecule has 10 heteroatoms. The van der Waals surface area contributed by atoms with Crippen LogP contribution in [0.3, 0.4) is 0 Å². The Kier molecular flexibility index (Phi) is 13.1. The molecule has 0 radical (unpaired) electrons. The molecular formula is C13H29IN4O4S. The summed E-state index contributed by atoms with van der Waals surface area (Å²) in [6.07, 6.45) is 2.09. The van der Waals surface area contributed by atoms with Crippen LogP contribution in [0.4, 0.5) is 0 Å². The van der Waals surface area contributed by atoms with Crippen molar-refractivity contribution in [1.82, 2.24) is 15.4 Å². The van der Waals surface area contributed by atoms with Gasteiger partial charge in [-0.25, -0.2) is 13.1 Å². The van der Waals surface area contributed by atoms with Crippen LogP contribution in [-0.4, -0.2) is 72.7 Å². The zero-order valence-corrected chi connectivity index (χ0v) is 17.0. The minimum absolute atomic E-state index is 0. The molecule has 0 saturated carbocycles. The number of nitrogens with one attached hydrogen (secondary N) is 3. The number of sulfonamides is 1. The van der Waals surface area contributed by atoms with Crippen molar-refractivity contribution in [2.24, 2.45) is 4.99 Å². The average molecular weight is 464 g/mol. The second-order valence-electron chi connectivity index (χ2n) is 4.93. The molecule has 3 N–H and O–H groups in total. The summed E-state index contributed by atoms with van der Waals surface area (Å²) < 4.78 is 35.9. The van der Waals surface area contributed by atoms with Crippen molar-refractivity contribution in [2.45, 2.75) is 25.9 Å². The summed E-state index contributed by atoms with van der Waals surface area (Å²) in [6, 6.07) is 0. The minimum Gasteiger partial charge on any atom is -0.379 e. The number of ether oxygens (including phenoxy) is 2. The lowest BCUT2D eigenvalue weighted by atomic mass is 10.3. The van der Waals surface area contributed by atoms with Crippen LogP contribution in [0, 0.1) is 0 Å². The van der Waals surface area contributed by atoms with Gasteiger partial charge in [0, 0.05) is 39.9 Å². The highest BCUT2D eigenvalue weighted by atomic mass is 127. The third-order valence-corrected chi connectivity index (χ3v) is 4.60. The van der Waals surface area contributed by atoms with Crippen LogP contribution < -0.4 is 15.4 Å². The van der Waals surface area contributed by atoms with Gasteiger partial charge in [-0.15, -0.1) is 24.0 Å². The van der Waals surface area contributed by atoms with Crippen LogP contribution in [0.2, 0.25) is 0 Å². The standard InChI is InChI=1S/C13H28N4O4S.HI/c1-3-22(18,19)17-8-7-16-13(14-2)15-6-4-9-21-12-5-10-20-11-12;/h12,17H,3-11H2,1-2H3,(H2,14,15,16);1H. The van der Waals surface area contributed by atoms with Crippen LogP contribution in [0.1, 0.15) is 19.8 Å². The highest BCUT2D eigenvalue weighted by Crippen LogP contribution is 2.07. The van der Waals surface area contributed by atoms with Crippen LogP contribution in [0.5, 0.6) is 0 Å². The molecule has 1 unspecified atom stereocenters. The van der Waals surface area contributed by atoms with Gasteiger partial charge in [-0.3, -0.25) is 4.99 Å². The first-order valence-electron chi connectivity index (χ1n) is 7.68. The van der Waals surface area contributed by atoms with E-state index in [0.717, 1.165) is 26.0 Å². The summed E-state index contributed by atoms with van der Waals surface area (Å²) in [4.78, 5) is 4.07. The average Bonchev–Trinajstić information content (AvgIpc) is 3.02. The number of rotatable bonds is 10. The number of hydrogen-bond donors (Lipinski definition) is 3. The van der Waals surface area contributed by atoms with Gasteiger partial charge in [0.2, 0.25) is 10.0 Å². The van der Waals surface area contributed by atoms with Gasteiger partial charge in [0.1, 0.15) is 0 Å². The number of hydrogen-bond acceptors (Lipinski definition) is 5. The number of nitrogens with zero attached hydrogens (tertiary/aromatic N) is 1. The zero-order valence-electron chi connectivity index (χ0n) is 13.8. The van der Waals surface area contributed by atoms with E-state index < -0.39 is 10.0 Å². The zero-order chi connectivity index (χ0) is 16.3. The van der Waals surface area contributed by atoms with Crippen molar-refractivity contribution in [3.63, 3.8) is 0 Å². The molecule has 0 aromatic carbocycles. The highest BCUT2D eigenvalue weighted by Gasteiger charge is 2.15. The number of guanidine groups is 1. The van der Waals surface area contributed by atoms with E-state index in [-0.39, 0.29) is 35.8 Å². The third kappa shape index (κ3) is 11.1. The molecule has 0 bridgehead atoms. The maximum absolute atomic E-state index is 11.3. The lowest BCUT2D eigenvalue weighted by Crippen LogP contribution is -2.42. The van der Waals surface area contributed by atoms with E-state index >= 15 is 0 Å². The number of halogens is 1. The van der Waals surface area contributed by atoms with Gasteiger partial charge < -0.3 is 20.1 Å². The molecule has 1 heterocycles. The molecule has 8 nitrogen and oxygen atoms in total. The maximum Gasteiger partial charge on any atom is 0.211 e. The number of aliphatic imine (C=N–C) groups is 1. The van der Waals surface area contributed by atoms with E-state index in [9.17, 15) is 8.42 Å². The summed E-state index contributed by atoms with van der Waals surface area (Å²) in [7, 11) is -1.46. The van der Waals surface area contributed by atoms with E-state index in [1.165, 1.54) is 0 Å². The topological polar surface area (TPSA) is 101 Å². The Morgan fingerprint density at radius 1 is 1.30 bits per heavy atom. The van der Waals surface area contributed by atoms with Crippen LogP contribution in [0.15, 0.2) is 4.99 Å². The largest absolute Gasteiger partial charge is 0.379 e. The van der Waals surface area contributed by atoms with Gasteiger partial charge in [-0.05, 0) is 19.8 Å². The van der Waals surface area contributed by atoms with E-state index in [2.05, 4.69) is 20.3 Å². The van der Waals surface area contributed by atoms with E-state index in [1.54, 1.807) is 14.0 Å². The molecule has 1 saturated heterocycles. The third-order valence-electron chi connectivity index (χ3n) is 3.20. The van der Waals surface area contributed by atoms with E-state index in [0.29, 0.717) is 32.3 Å². The maximum atomic E-state index is 11.3. The smallest absolute Gasteiger partial charge is 0.211 e. The molecule has 1 aliphatic heterocycles. The van der Waals surface area contributed by atoms with Gasteiger partial charge in [0.15, 0.2) is 5.96 Å². The fourth-order valence-electron chi connectivity index (χ4n) is 1.88. The molecule has 138 valence electrons. The molecule has 1 aliphatic rings. The summed E-state index contributed by atoms with van der Waals surface area (Å²) in [5.41, 5.74) is 0. The Hall–Kier alpha value is -0.170. The predicted molar refractivity (Wildman–Crippen MR) is 102 cm³/mol. The quantitative estimate of drug-likeness (QED) is 0.181. The SMILES string of the molecule is CCS(=O)(=O)NCCNC(=NC)NCCCOC1CCOC1.I. The van der Waals surface area contributed by atoms with Crippen molar-refractivity contribution < 1.29 is 17.9 Å². The lowest BCUT2D eigenvalue weighted by molar-refractivity contribution is 0.0420. The molecule has 23 heavy (non-hydrogen) atoms. The highest BCUT2D eigenvalue weighted by molar-refractivity contribution is 14.0. The Balaban J connectivity index is 0.00000484. The first-order valence-corrected chi connectivity index (χ1v) is 9.34. The van der Waals surface area contributed by atoms with E-state index in [4.69, 9.17) is 9.47 Å². The van der Waals surface area contributed by atoms with Gasteiger partial charge in [-0.1, -0.05) is 0 Å². The summed E-state index contributed by atoms with van der Waals surface area (Å²) in [5.74, 6) is 0.742. The van der Waals surface area contributed by atoms with Gasteiger partial charge in [-0.2, -0.15) is 0 Å². The van der Waals surface area contributed by atoms with Crippen LogP contribution >= 0.6 is 24.0 Å². The van der Waals surface area contributed by atoms with Crippen molar-refractivity contribution in [3.05, 3.63) is 0 Å². The fourth-order valence-corrected chi connectivity index (χ4v) is 2.50. The van der Waals surface area contributed by atoms with Gasteiger partial charge in [0.05, 0.1) is 18.5 Å². The molecule has 0 aliphatic carbocycles. The summed E-state index contributed by atoms with van der Waals surface area (Å²) >= 11 is 0. The van der Waals surface area contributed by atoms with Crippen molar-refractivity contribution in [3.8, 4) is 0 Å². The van der Waals surface area contributed by atoms with Crippen molar-refractivity contribution in [2.75, 3.05) is 52.3 Å². The summed E-state index contributed by atoms with van der Waals surface area (Å²) in [5, 5.41) is 6.21. The predicted octanol–water partition coefficient (Wildman–Crippen LogP) is -0.0957. The second kappa shape index (κ2) is 13.2. The van der Waals surface area contributed by atoms with Crippen LogP contribution in [-0.2, 0) is 19.5 Å². The Morgan fingerprint density at radius 2 is 2.04 bits per heavy atom. The minimum atomic E-state index is -3.13. The van der Waals surface area contributed by atoms with Crippen molar-refractivity contribution in [1.29, 1.82) is 0 Å². The van der Waals surface area contributed by atoms with Crippen molar-refractivity contribution >= 4 is 40.0 Å². The fraction of sp³-hybridized carbons (Fsp3) is 0.923. The monoisotopic (exact) mass is 464 g/mol. The summed E-state index contributed by atoms with van der Waals surface area (Å²) in [6.45, 7) is 5.35. The van der Waals surface area contributed by atoms with E-state index in [1.807, 2.05) is 0 Å². The van der Waals surface area contributed by atoms with Gasteiger partial charge >= 0.3 is 0 Å². The molecule has 1 atom stereocenters. The lowest BCUT2D eigenvalue weighted by Gasteiger charge is -2.13. The first-order chi connectivity index (χ1) is 10.6. The van der Waals surface area contributed by atoms with Gasteiger partial charge in [0.25, 0.3) is 0 Å². The first kappa shape index (κ1) is 22.8. The normalized spacial score (nSPS) is 18.5. The Morgan fingerprint density at radius 3 is 2.65 bits per heavy atom. The second-order valence-corrected chi connectivity index (χ2v) is 7.03. The molecule has 0 aromatic rings. The molecule has 1 rings (SSSR count). The molecule has 0 spiro atoms.